The number of likely N-dealkylation sites (tertiary alicyclic amines) is 1. The Bertz CT molecular complexity index is 311. The van der Waals surface area contributed by atoms with Gasteiger partial charge in [-0.15, -0.1) is 0 Å². The molecule has 1 amide bonds. The van der Waals surface area contributed by atoms with Crippen LogP contribution in [-0.4, -0.2) is 31.4 Å². The van der Waals surface area contributed by atoms with Crippen molar-refractivity contribution in [2.45, 2.75) is 25.5 Å². The van der Waals surface area contributed by atoms with Gasteiger partial charge < -0.3 is 10.6 Å². The predicted molar refractivity (Wildman–Crippen MR) is 85.3 cm³/mol. The molecule has 4 heteroatoms. The molecule has 1 aromatic rings. The number of thiol groups is 1. The first-order valence-corrected chi connectivity index (χ1v) is 7.31. The number of benzene rings is 1. The monoisotopic (exact) mass is 282 g/mol. The zero-order valence-electron chi connectivity index (χ0n) is 12.0. The standard InChI is InChI=1S/C7H13NO.C7H8S.CH5N/c1-7-2-4-8(6-9)5-3-7;8-6-7-4-2-1-3-5-7;1-2/h6-7H,2-5H2,1H3;1-5,8H,6H2;2H2,1H3. The molecule has 1 fully saturated rings. The minimum Gasteiger partial charge on any atom is -0.345 e. The highest BCUT2D eigenvalue weighted by Gasteiger charge is 2.12. The van der Waals surface area contributed by atoms with Crippen LogP contribution >= 0.6 is 12.6 Å². The van der Waals surface area contributed by atoms with E-state index >= 15 is 0 Å². The van der Waals surface area contributed by atoms with Gasteiger partial charge >= 0.3 is 0 Å². The molecule has 0 atom stereocenters. The third-order valence-corrected chi connectivity index (χ3v) is 3.36. The quantitative estimate of drug-likeness (QED) is 0.647. The fraction of sp³-hybridized carbons (Fsp3) is 0.533. The van der Waals surface area contributed by atoms with Gasteiger partial charge in [0, 0.05) is 18.8 Å². The molecule has 1 aromatic carbocycles. The van der Waals surface area contributed by atoms with E-state index in [1.54, 1.807) is 0 Å². The minimum absolute atomic E-state index is 0.821. The average Bonchev–Trinajstić information content (AvgIpc) is 2.51. The molecule has 1 saturated heterocycles. The van der Waals surface area contributed by atoms with Crippen molar-refractivity contribution in [1.82, 2.24) is 4.90 Å². The topological polar surface area (TPSA) is 46.3 Å². The third-order valence-electron chi connectivity index (χ3n) is 2.99. The van der Waals surface area contributed by atoms with Crippen LogP contribution in [0.4, 0.5) is 0 Å². The van der Waals surface area contributed by atoms with E-state index < -0.39 is 0 Å². The Morgan fingerprint density at radius 3 is 2.16 bits per heavy atom. The summed E-state index contributed by atoms with van der Waals surface area (Å²) in [5, 5.41) is 0. The SMILES string of the molecule is CC1CCN(C=O)CC1.CN.SCc1ccccc1. The van der Waals surface area contributed by atoms with Crippen molar-refractivity contribution in [2.75, 3.05) is 20.1 Å². The van der Waals surface area contributed by atoms with Crippen molar-refractivity contribution in [3.63, 3.8) is 0 Å². The molecule has 19 heavy (non-hydrogen) atoms. The van der Waals surface area contributed by atoms with Crippen LogP contribution in [0.1, 0.15) is 25.3 Å². The second-order valence-corrected chi connectivity index (χ2v) is 4.78. The lowest BCUT2D eigenvalue weighted by Crippen LogP contribution is -2.31. The van der Waals surface area contributed by atoms with Crippen molar-refractivity contribution in [3.8, 4) is 0 Å². The average molecular weight is 282 g/mol. The number of nitrogens with zero attached hydrogens (tertiary/aromatic N) is 1. The number of nitrogens with two attached hydrogens (primary N) is 1. The van der Waals surface area contributed by atoms with Gasteiger partial charge in [-0.1, -0.05) is 37.3 Å². The number of hydrogen-bond acceptors (Lipinski definition) is 3. The first-order chi connectivity index (χ1) is 9.26. The van der Waals surface area contributed by atoms with Crippen molar-refractivity contribution >= 4 is 19.0 Å². The van der Waals surface area contributed by atoms with Crippen molar-refractivity contribution in [2.24, 2.45) is 11.7 Å². The molecule has 0 radical (unpaired) electrons. The number of amides is 1. The van der Waals surface area contributed by atoms with Crippen LogP contribution in [0.3, 0.4) is 0 Å². The van der Waals surface area contributed by atoms with Gasteiger partial charge in [0.15, 0.2) is 0 Å². The Hall–Kier alpha value is -1.00. The highest BCUT2D eigenvalue weighted by atomic mass is 32.1. The van der Waals surface area contributed by atoms with Crippen molar-refractivity contribution in [3.05, 3.63) is 35.9 Å². The van der Waals surface area contributed by atoms with E-state index in [-0.39, 0.29) is 0 Å². The Morgan fingerprint density at radius 2 is 1.79 bits per heavy atom. The number of carbonyl (C=O) groups excluding carboxylic acids is 1. The van der Waals surface area contributed by atoms with Crippen LogP contribution in [0, 0.1) is 5.92 Å². The summed E-state index contributed by atoms with van der Waals surface area (Å²) in [7, 11) is 1.50. The number of piperidine rings is 1. The van der Waals surface area contributed by atoms with E-state index in [1.807, 2.05) is 23.1 Å². The van der Waals surface area contributed by atoms with Gasteiger partial charge in [0.2, 0.25) is 6.41 Å². The fourth-order valence-electron chi connectivity index (χ4n) is 1.72. The van der Waals surface area contributed by atoms with Gasteiger partial charge in [-0.05, 0) is 31.4 Å². The summed E-state index contributed by atoms with van der Waals surface area (Å²) in [4.78, 5) is 12.0. The minimum atomic E-state index is 0.821. The van der Waals surface area contributed by atoms with Crippen LogP contribution in [0.5, 0.6) is 0 Å². The summed E-state index contributed by atoms with van der Waals surface area (Å²) in [5.74, 6) is 1.65. The molecule has 0 saturated carbocycles. The summed E-state index contributed by atoms with van der Waals surface area (Å²) in [5.41, 5.74) is 5.77. The molecule has 1 aliphatic heterocycles. The molecule has 0 bridgehead atoms. The maximum atomic E-state index is 10.2. The summed E-state index contributed by atoms with van der Waals surface area (Å²) in [6, 6.07) is 10.2. The molecule has 0 spiro atoms. The van der Waals surface area contributed by atoms with Gasteiger partial charge in [-0.3, -0.25) is 4.79 Å². The lowest BCUT2D eigenvalue weighted by molar-refractivity contribution is -0.119. The third kappa shape index (κ3) is 8.67. The summed E-state index contributed by atoms with van der Waals surface area (Å²) >= 11 is 4.11. The zero-order valence-corrected chi connectivity index (χ0v) is 12.9. The molecule has 3 nitrogen and oxygen atoms in total. The van der Waals surface area contributed by atoms with Gasteiger partial charge in [-0.25, -0.2) is 0 Å². The normalized spacial score (nSPS) is 14.6. The Balaban J connectivity index is 0.000000303. The Morgan fingerprint density at radius 1 is 1.26 bits per heavy atom. The second kappa shape index (κ2) is 12.1. The molecule has 0 unspecified atom stereocenters. The molecule has 0 aromatic heterocycles. The fourth-order valence-corrected chi connectivity index (χ4v) is 1.93. The van der Waals surface area contributed by atoms with E-state index in [0.29, 0.717) is 0 Å². The van der Waals surface area contributed by atoms with E-state index in [9.17, 15) is 4.79 Å². The molecule has 0 aliphatic carbocycles. The van der Waals surface area contributed by atoms with Crippen LogP contribution < -0.4 is 5.73 Å². The Labute approximate surface area is 122 Å². The summed E-state index contributed by atoms with van der Waals surface area (Å²) in [6.45, 7) is 4.16. The van der Waals surface area contributed by atoms with Gasteiger partial charge in [-0.2, -0.15) is 12.6 Å². The highest BCUT2D eigenvalue weighted by Crippen LogP contribution is 2.13. The largest absolute Gasteiger partial charge is 0.345 e. The number of carbonyl (C=O) groups is 1. The van der Waals surface area contributed by atoms with Gasteiger partial charge in [0.25, 0.3) is 0 Å². The molecule has 108 valence electrons. The Kier molecular flexibility index (Phi) is 11.4. The maximum absolute atomic E-state index is 10.2. The van der Waals surface area contributed by atoms with Gasteiger partial charge in [0.05, 0.1) is 0 Å². The molecular weight excluding hydrogens is 256 g/mol. The maximum Gasteiger partial charge on any atom is 0.209 e. The molecule has 2 rings (SSSR count). The first kappa shape index (κ1) is 18.0. The summed E-state index contributed by atoms with van der Waals surface area (Å²) in [6.07, 6.45) is 3.31. The van der Waals surface area contributed by atoms with Crippen LogP contribution in [0.2, 0.25) is 0 Å². The van der Waals surface area contributed by atoms with E-state index in [4.69, 9.17) is 0 Å². The smallest absolute Gasteiger partial charge is 0.209 e. The summed E-state index contributed by atoms with van der Waals surface area (Å²) < 4.78 is 0. The van der Waals surface area contributed by atoms with Crippen LogP contribution in [0.25, 0.3) is 0 Å². The zero-order chi connectivity index (χ0) is 14.5. The van der Waals surface area contributed by atoms with E-state index in [2.05, 4.69) is 37.4 Å². The van der Waals surface area contributed by atoms with Gasteiger partial charge in [0.1, 0.15) is 0 Å². The first-order valence-electron chi connectivity index (χ1n) is 6.68. The van der Waals surface area contributed by atoms with Crippen LogP contribution in [-0.2, 0) is 10.5 Å². The molecule has 2 N–H and O–H groups in total. The molecular formula is C15H26N2OS. The number of hydrogen-bond donors (Lipinski definition) is 2. The highest BCUT2D eigenvalue weighted by molar-refractivity contribution is 7.79. The predicted octanol–water partition coefficient (Wildman–Crippen LogP) is 2.57. The molecule has 1 aliphatic rings. The molecule has 1 heterocycles. The van der Waals surface area contributed by atoms with Crippen LogP contribution in [0.15, 0.2) is 30.3 Å². The van der Waals surface area contributed by atoms with E-state index in [0.717, 1.165) is 31.2 Å². The second-order valence-electron chi connectivity index (χ2n) is 4.47. The van der Waals surface area contributed by atoms with E-state index in [1.165, 1.54) is 25.5 Å². The number of rotatable bonds is 2. The lowest BCUT2D eigenvalue weighted by atomic mass is 10.00. The lowest BCUT2D eigenvalue weighted by Gasteiger charge is -2.26. The van der Waals surface area contributed by atoms with Crippen molar-refractivity contribution in [1.29, 1.82) is 0 Å². The van der Waals surface area contributed by atoms with Crippen molar-refractivity contribution < 1.29 is 4.79 Å².